The lowest BCUT2D eigenvalue weighted by atomic mass is 9.99. The van der Waals surface area contributed by atoms with Gasteiger partial charge in [0.05, 0.1) is 5.69 Å². The van der Waals surface area contributed by atoms with Crippen LogP contribution in [0.25, 0.3) is 11.1 Å². The standard InChI is InChI=1S/C21H24ClFN2/c1-13-9-17(23)19(24-8-7-21(2)5-6-21)12-16(13)15-10-18(14-3-4-14)25-20(22)11-15/h9-12,14,24H,3-8H2,1-2H3. The Morgan fingerprint density at radius 1 is 1.24 bits per heavy atom. The van der Waals surface area contributed by atoms with E-state index >= 15 is 0 Å². The van der Waals surface area contributed by atoms with E-state index in [9.17, 15) is 4.39 Å². The molecule has 1 aromatic heterocycles. The predicted molar refractivity (Wildman–Crippen MR) is 102 cm³/mol. The molecule has 0 aliphatic heterocycles. The number of nitrogens with zero attached hydrogens (tertiary/aromatic N) is 1. The number of aromatic nitrogens is 1. The van der Waals surface area contributed by atoms with Gasteiger partial charge in [0.15, 0.2) is 0 Å². The Morgan fingerprint density at radius 2 is 2.00 bits per heavy atom. The molecule has 1 aromatic carbocycles. The fourth-order valence-electron chi connectivity index (χ4n) is 3.34. The summed E-state index contributed by atoms with van der Waals surface area (Å²) < 4.78 is 14.4. The maximum absolute atomic E-state index is 14.4. The Hall–Kier alpha value is -1.61. The van der Waals surface area contributed by atoms with Crippen molar-refractivity contribution in [3.63, 3.8) is 0 Å². The van der Waals surface area contributed by atoms with E-state index in [1.165, 1.54) is 25.7 Å². The second kappa shape index (κ2) is 6.28. The van der Waals surface area contributed by atoms with Gasteiger partial charge in [0.25, 0.3) is 0 Å². The lowest BCUT2D eigenvalue weighted by molar-refractivity contribution is 0.534. The number of hydrogen-bond donors (Lipinski definition) is 1. The molecule has 25 heavy (non-hydrogen) atoms. The fourth-order valence-corrected chi connectivity index (χ4v) is 3.56. The number of benzene rings is 1. The third-order valence-corrected chi connectivity index (χ3v) is 5.78. The number of halogens is 2. The Labute approximate surface area is 153 Å². The van der Waals surface area contributed by atoms with Crippen LogP contribution in [0.1, 0.15) is 56.2 Å². The first kappa shape index (κ1) is 16.8. The first-order chi connectivity index (χ1) is 11.9. The Kier molecular flexibility index (Phi) is 4.23. The number of pyridine rings is 1. The van der Waals surface area contributed by atoms with Gasteiger partial charge in [-0.15, -0.1) is 0 Å². The number of hydrogen-bond acceptors (Lipinski definition) is 2. The van der Waals surface area contributed by atoms with Crippen molar-refractivity contribution in [3.05, 3.63) is 46.5 Å². The van der Waals surface area contributed by atoms with Gasteiger partial charge in [-0.25, -0.2) is 9.37 Å². The molecule has 2 aliphatic rings. The van der Waals surface area contributed by atoms with E-state index in [0.717, 1.165) is 35.3 Å². The summed E-state index contributed by atoms with van der Waals surface area (Å²) in [4.78, 5) is 4.45. The van der Waals surface area contributed by atoms with Crippen LogP contribution in [0, 0.1) is 18.2 Å². The molecule has 1 N–H and O–H groups in total. The summed E-state index contributed by atoms with van der Waals surface area (Å²) >= 11 is 6.24. The molecule has 2 nitrogen and oxygen atoms in total. The minimum absolute atomic E-state index is 0.190. The summed E-state index contributed by atoms with van der Waals surface area (Å²) in [5, 5.41) is 3.80. The van der Waals surface area contributed by atoms with E-state index in [2.05, 4.69) is 23.3 Å². The van der Waals surface area contributed by atoms with Gasteiger partial charge in [-0.3, -0.25) is 0 Å². The second-order valence-corrected chi connectivity index (χ2v) is 8.40. The molecule has 2 saturated carbocycles. The van der Waals surface area contributed by atoms with Crippen molar-refractivity contribution in [2.24, 2.45) is 5.41 Å². The summed E-state index contributed by atoms with van der Waals surface area (Å²) in [5.41, 5.74) is 5.06. The summed E-state index contributed by atoms with van der Waals surface area (Å²) in [6, 6.07) is 7.52. The van der Waals surface area contributed by atoms with Crippen LogP contribution < -0.4 is 5.32 Å². The molecular weight excluding hydrogens is 335 g/mol. The van der Waals surface area contributed by atoms with Gasteiger partial charge in [-0.05, 0) is 85.4 Å². The topological polar surface area (TPSA) is 24.9 Å². The molecule has 0 bridgehead atoms. The van der Waals surface area contributed by atoms with Gasteiger partial charge in [0.1, 0.15) is 11.0 Å². The Morgan fingerprint density at radius 3 is 2.68 bits per heavy atom. The third kappa shape index (κ3) is 3.82. The lowest BCUT2D eigenvalue weighted by Gasteiger charge is -2.15. The van der Waals surface area contributed by atoms with Crippen molar-refractivity contribution in [1.29, 1.82) is 0 Å². The number of rotatable bonds is 6. The zero-order chi connectivity index (χ0) is 17.6. The highest BCUT2D eigenvalue weighted by Gasteiger charge is 2.36. The molecule has 0 saturated heterocycles. The van der Waals surface area contributed by atoms with E-state index in [0.29, 0.717) is 22.2 Å². The number of anilines is 1. The van der Waals surface area contributed by atoms with Crippen LogP contribution in [-0.4, -0.2) is 11.5 Å². The lowest BCUT2D eigenvalue weighted by Crippen LogP contribution is -2.08. The van der Waals surface area contributed by atoms with Crippen LogP contribution in [0.2, 0.25) is 5.15 Å². The van der Waals surface area contributed by atoms with Gasteiger partial charge in [-0.1, -0.05) is 18.5 Å². The molecule has 4 rings (SSSR count). The largest absolute Gasteiger partial charge is 0.383 e. The van der Waals surface area contributed by atoms with E-state index < -0.39 is 0 Å². The first-order valence-electron chi connectivity index (χ1n) is 9.15. The highest BCUT2D eigenvalue weighted by atomic mass is 35.5. The Balaban J connectivity index is 1.61. The van der Waals surface area contributed by atoms with Crippen LogP contribution in [0.4, 0.5) is 10.1 Å². The molecule has 0 radical (unpaired) electrons. The van der Waals surface area contributed by atoms with Gasteiger partial charge in [0.2, 0.25) is 0 Å². The van der Waals surface area contributed by atoms with Crippen molar-refractivity contribution in [3.8, 4) is 11.1 Å². The molecule has 0 spiro atoms. The highest BCUT2D eigenvalue weighted by Crippen LogP contribution is 2.48. The van der Waals surface area contributed by atoms with Crippen molar-refractivity contribution < 1.29 is 4.39 Å². The van der Waals surface area contributed by atoms with Gasteiger partial charge < -0.3 is 5.32 Å². The summed E-state index contributed by atoms with van der Waals surface area (Å²) in [5.74, 6) is 0.347. The SMILES string of the molecule is Cc1cc(F)c(NCCC2(C)CC2)cc1-c1cc(Cl)nc(C2CC2)c1. The first-order valence-corrected chi connectivity index (χ1v) is 9.53. The summed E-state index contributed by atoms with van der Waals surface area (Å²) in [6.45, 7) is 5.04. The van der Waals surface area contributed by atoms with E-state index in [1.54, 1.807) is 6.07 Å². The molecule has 4 heteroatoms. The molecule has 0 amide bonds. The van der Waals surface area contributed by atoms with E-state index in [4.69, 9.17) is 11.6 Å². The number of nitrogens with one attached hydrogen (secondary N) is 1. The molecule has 2 aromatic rings. The molecule has 2 fully saturated rings. The van der Waals surface area contributed by atoms with Crippen LogP contribution in [0.3, 0.4) is 0 Å². The van der Waals surface area contributed by atoms with Crippen molar-refractivity contribution in [2.75, 3.05) is 11.9 Å². The van der Waals surface area contributed by atoms with Gasteiger partial charge in [-0.2, -0.15) is 0 Å². The molecule has 0 atom stereocenters. The second-order valence-electron chi connectivity index (χ2n) is 8.01. The zero-order valence-electron chi connectivity index (χ0n) is 14.8. The summed E-state index contributed by atoms with van der Waals surface area (Å²) in [6.07, 6.45) is 6.02. The van der Waals surface area contributed by atoms with Crippen LogP contribution in [-0.2, 0) is 0 Å². The minimum atomic E-state index is -0.190. The van der Waals surface area contributed by atoms with E-state index in [1.807, 2.05) is 19.1 Å². The van der Waals surface area contributed by atoms with Crippen molar-refractivity contribution in [2.45, 2.75) is 51.9 Å². The maximum atomic E-state index is 14.4. The van der Waals surface area contributed by atoms with Gasteiger partial charge >= 0.3 is 0 Å². The minimum Gasteiger partial charge on any atom is -0.383 e. The molecule has 1 heterocycles. The quantitative estimate of drug-likeness (QED) is 0.610. The van der Waals surface area contributed by atoms with Crippen molar-refractivity contribution >= 4 is 17.3 Å². The average molecular weight is 359 g/mol. The normalized spacial score (nSPS) is 18.2. The number of aryl methyl sites for hydroxylation is 1. The van der Waals surface area contributed by atoms with Crippen LogP contribution >= 0.6 is 11.6 Å². The average Bonchev–Trinajstić information content (AvgIpc) is 3.45. The van der Waals surface area contributed by atoms with Crippen LogP contribution in [0.15, 0.2) is 24.3 Å². The Bertz CT molecular complexity index is 810. The zero-order valence-corrected chi connectivity index (χ0v) is 15.6. The molecule has 2 aliphatic carbocycles. The maximum Gasteiger partial charge on any atom is 0.146 e. The van der Waals surface area contributed by atoms with Crippen LogP contribution in [0.5, 0.6) is 0 Å². The third-order valence-electron chi connectivity index (χ3n) is 5.58. The smallest absolute Gasteiger partial charge is 0.146 e. The van der Waals surface area contributed by atoms with Gasteiger partial charge in [0, 0.05) is 18.2 Å². The fraction of sp³-hybridized carbons (Fsp3) is 0.476. The predicted octanol–water partition coefficient (Wildman–Crippen LogP) is 6.33. The molecular formula is C21H24ClFN2. The highest BCUT2D eigenvalue weighted by molar-refractivity contribution is 6.29. The molecule has 0 unspecified atom stereocenters. The van der Waals surface area contributed by atoms with Crippen molar-refractivity contribution in [1.82, 2.24) is 4.98 Å². The molecule has 132 valence electrons. The summed E-state index contributed by atoms with van der Waals surface area (Å²) in [7, 11) is 0. The van der Waals surface area contributed by atoms with E-state index in [-0.39, 0.29) is 5.82 Å². The monoisotopic (exact) mass is 358 g/mol.